The summed E-state index contributed by atoms with van der Waals surface area (Å²) in [5, 5.41) is 2.81. The lowest BCUT2D eigenvalue weighted by Crippen LogP contribution is -2.26. The lowest BCUT2D eigenvalue weighted by atomic mass is 9.80. The highest BCUT2D eigenvalue weighted by Gasteiger charge is 2.24. The zero-order valence-corrected chi connectivity index (χ0v) is 14.1. The molecular weight excluding hydrogens is 252 g/mol. The molecule has 0 aromatic heterocycles. The summed E-state index contributed by atoms with van der Waals surface area (Å²) in [7, 11) is 0. The zero-order valence-electron chi connectivity index (χ0n) is 14.1. The molecule has 1 aromatic rings. The van der Waals surface area contributed by atoms with Crippen molar-refractivity contribution >= 4 is 11.6 Å². The molecule has 3 rings (SSSR count). The van der Waals surface area contributed by atoms with Crippen LogP contribution < -0.4 is 10.4 Å². The summed E-state index contributed by atoms with van der Waals surface area (Å²) in [6.07, 6.45) is 9.48. The molecule has 110 valence electrons. The molecule has 0 fully saturated rings. The van der Waals surface area contributed by atoms with Crippen LogP contribution in [0.2, 0.25) is 0 Å². The van der Waals surface area contributed by atoms with Crippen LogP contribution in [0, 0.1) is 11.3 Å². The summed E-state index contributed by atoms with van der Waals surface area (Å²) >= 11 is 0. The van der Waals surface area contributed by atoms with Crippen LogP contribution in [0.15, 0.2) is 42.0 Å². The van der Waals surface area contributed by atoms with Crippen molar-refractivity contribution in [1.82, 2.24) is 0 Å². The predicted molar refractivity (Wildman–Crippen MR) is 92.4 cm³/mol. The monoisotopic (exact) mass is 278 g/mol. The van der Waals surface area contributed by atoms with Gasteiger partial charge in [0.25, 0.3) is 0 Å². The second kappa shape index (κ2) is 4.47. The first-order chi connectivity index (χ1) is 9.66. The molecule has 1 aromatic carbocycles. The third-order valence-electron chi connectivity index (χ3n) is 4.61. The van der Waals surface area contributed by atoms with Gasteiger partial charge in [0.05, 0.1) is 0 Å². The molecule has 0 heterocycles. The standard InChI is InChI=1S/C21H26/c1-20(2,3)16-7-9-18-14(12-16)11-15-13-17(21(4,5)6)8-10-19(15)18/h7-14H,1-6H3/t14-/m0/s1. The molecule has 0 spiro atoms. The van der Waals surface area contributed by atoms with E-state index in [-0.39, 0.29) is 10.8 Å². The Morgan fingerprint density at radius 2 is 1.52 bits per heavy atom. The molecular formula is C21H26. The van der Waals surface area contributed by atoms with Crippen molar-refractivity contribution in [2.24, 2.45) is 11.3 Å². The molecule has 0 amide bonds. The van der Waals surface area contributed by atoms with Crippen molar-refractivity contribution in [3.05, 3.63) is 58.0 Å². The number of allylic oxidation sites excluding steroid dienone is 4. The van der Waals surface area contributed by atoms with Crippen molar-refractivity contribution in [1.29, 1.82) is 0 Å². The van der Waals surface area contributed by atoms with E-state index >= 15 is 0 Å². The van der Waals surface area contributed by atoms with Crippen molar-refractivity contribution in [2.75, 3.05) is 0 Å². The predicted octanol–water partition coefficient (Wildman–Crippen LogP) is 4.09. The Morgan fingerprint density at radius 1 is 0.810 bits per heavy atom. The third-order valence-corrected chi connectivity index (χ3v) is 4.61. The van der Waals surface area contributed by atoms with E-state index in [1.54, 1.807) is 0 Å². The van der Waals surface area contributed by atoms with Gasteiger partial charge in [0.15, 0.2) is 0 Å². The second-order valence-corrected chi connectivity index (χ2v) is 8.41. The summed E-state index contributed by atoms with van der Waals surface area (Å²) in [5.41, 5.74) is 4.75. The Kier molecular flexibility index (Phi) is 3.06. The molecule has 0 bridgehead atoms. The normalized spacial score (nSPS) is 20.8. The zero-order chi connectivity index (χ0) is 15.4. The summed E-state index contributed by atoms with van der Waals surface area (Å²) in [4.78, 5) is 0. The van der Waals surface area contributed by atoms with Gasteiger partial charge in [-0.1, -0.05) is 84.0 Å². The number of hydrogen-bond donors (Lipinski definition) is 0. The molecule has 21 heavy (non-hydrogen) atoms. The van der Waals surface area contributed by atoms with Crippen LogP contribution in [0.3, 0.4) is 0 Å². The van der Waals surface area contributed by atoms with Crippen LogP contribution in [0.5, 0.6) is 0 Å². The summed E-state index contributed by atoms with van der Waals surface area (Å²) in [5.74, 6) is 0.453. The molecule has 1 atom stereocenters. The topological polar surface area (TPSA) is 0 Å². The molecule has 0 N–H and O–H groups in total. The van der Waals surface area contributed by atoms with E-state index < -0.39 is 0 Å². The van der Waals surface area contributed by atoms with Gasteiger partial charge in [0.1, 0.15) is 0 Å². The molecule has 0 aliphatic heterocycles. The maximum atomic E-state index is 2.44. The number of fused-ring (bicyclic) bond motifs is 2. The van der Waals surface area contributed by atoms with Crippen LogP contribution in [0.1, 0.15) is 47.1 Å². The highest BCUT2D eigenvalue weighted by atomic mass is 14.3. The summed E-state index contributed by atoms with van der Waals surface area (Å²) in [6, 6.07) is 6.97. The van der Waals surface area contributed by atoms with E-state index in [1.165, 1.54) is 27.1 Å². The lowest BCUT2D eigenvalue weighted by Gasteiger charge is -2.25. The SMILES string of the molecule is CC(C)(C)C1=C[C@@H]2C=c3cc(C(C)(C)C)ccc3=C2C=C1. The van der Waals surface area contributed by atoms with E-state index in [1.807, 2.05) is 0 Å². The molecule has 2 aliphatic carbocycles. The number of benzene rings is 1. The molecule has 0 saturated carbocycles. The van der Waals surface area contributed by atoms with Gasteiger partial charge in [0, 0.05) is 5.92 Å². The Hall–Kier alpha value is -1.56. The second-order valence-electron chi connectivity index (χ2n) is 8.41. The van der Waals surface area contributed by atoms with Gasteiger partial charge >= 0.3 is 0 Å². The first-order valence-corrected chi connectivity index (χ1v) is 7.93. The van der Waals surface area contributed by atoms with Crippen molar-refractivity contribution in [3.8, 4) is 0 Å². The minimum atomic E-state index is 0.212. The summed E-state index contributed by atoms with van der Waals surface area (Å²) < 4.78 is 0. The summed E-state index contributed by atoms with van der Waals surface area (Å²) in [6.45, 7) is 13.7. The largest absolute Gasteiger partial charge is 0.0694 e. The van der Waals surface area contributed by atoms with Crippen molar-refractivity contribution in [2.45, 2.75) is 47.0 Å². The van der Waals surface area contributed by atoms with Crippen LogP contribution in [-0.4, -0.2) is 0 Å². The van der Waals surface area contributed by atoms with Crippen LogP contribution in [-0.2, 0) is 5.41 Å². The molecule has 0 nitrogen and oxygen atoms in total. The van der Waals surface area contributed by atoms with Gasteiger partial charge in [-0.25, -0.2) is 0 Å². The van der Waals surface area contributed by atoms with Gasteiger partial charge in [0.2, 0.25) is 0 Å². The highest BCUT2D eigenvalue weighted by molar-refractivity contribution is 5.75. The van der Waals surface area contributed by atoms with Gasteiger partial charge in [-0.2, -0.15) is 0 Å². The first-order valence-electron chi connectivity index (χ1n) is 7.93. The minimum absolute atomic E-state index is 0.212. The van der Waals surface area contributed by atoms with E-state index in [4.69, 9.17) is 0 Å². The number of hydrogen-bond acceptors (Lipinski definition) is 0. The minimum Gasteiger partial charge on any atom is -0.0694 e. The maximum Gasteiger partial charge on any atom is 0.0219 e. The Labute approximate surface area is 128 Å². The quantitative estimate of drug-likeness (QED) is 0.670. The average molecular weight is 278 g/mol. The molecule has 0 radical (unpaired) electrons. The molecule has 0 saturated heterocycles. The van der Waals surface area contributed by atoms with Gasteiger partial charge in [-0.15, -0.1) is 0 Å². The Bertz CT molecular complexity index is 756. The van der Waals surface area contributed by atoms with Crippen molar-refractivity contribution < 1.29 is 0 Å². The van der Waals surface area contributed by atoms with E-state index in [9.17, 15) is 0 Å². The number of rotatable bonds is 0. The van der Waals surface area contributed by atoms with Crippen LogP contribution in [0.4, 0.5) is 0 Å². The lowest BCUT2D eigenvalue weighted by molar-refractivity contribution is 0.513. The fourth-order valence-corrected chi connectivity index (χ4v) is 3.16. The highest BCUT2D eigenvalue weighted by Crippen LogP contribution is 2.34. The van der Waals surface area contributed by atoms with Gasteiger partial charge in [-0.05, 0) is 38.0 Å². The van der Waals surface area contributed by atoms with E-state index in [0.717, 1.165) is 0 Å². The first kappa shape index (κ1) is 14.4. The average Bonchev–Trinajstić information content (AvgIpc) is 2.73. The molecule has 0 heteroatoms. The molecule has 0 unspecified atom stereocenters. The maximum absolute atomic E-state index is 2.44. The van der Waals surface area contributed by atoms with E-state index in [2.05, 4.69) is 84.0 Å². The van der Waals surface area contributed by atoms with Crippen LogP contribution >= 0.6 is 0 Å². The van der Waals surface area contributed by atoms with E-state index in [0.29, 0.717) is 5.92 Å². The Balaban J connectivity index is 2.12. The smallest absolute Gasteiger partial charge is 0.0219 e. The van der Waals surface area contributed by atoms with Crippen LogP contribution in [0.25, 0.3) is 11.6 Å². The molecule has 2 aliphatic rings. The van der Waals surface area contributed by atoms with Gasteiger partial charge in [-0.3, -0.25) is 0 Å². The fourth-order valence-electron chi connectivity index (χ4n) is 3.16. The van der Waals surface area contributed by atoms with Gasteiger partial charge < -0.3 is 0 Å². The van der Waals surface area contributed by atoms with Crippen molar-refractivity contribution in [3.63, 3.8) is 0 Å². The Morgan fingerprint density at radius 3 is 2.14 bits per heavy atom. The fraction of sp³-hybridized carbons (Fsp3) is 0.429. The third kappa shape index (κ3) is 2.52.